The molecule has 0 aliphatic heterocycles. The number of ether oxygens (including phenoxy) is 4. The van der Waals surface area contributed by atoms with E-state index in [1.807, 2.05) is 32.0 Å². The second-order valence-corrected chi connectivity index (χ2v) is 14.6. The Morgan fingerprint density at radius 2 is 1.20 bits per heavy atom. The van der Waals surface area contributed by atoms with E-state index in [1.54, 1.807) is 30.0 Å². The van der Waals surface area contributed by atoms with E-state index in [1.165, 1.54) is 46.3 Å². The third-order valence-corrected chi connectivity index (χ3v) is 10.4. The Balaban J connectivity index is 0.000000810. The number of rotatable bonds is 20. The maximum atomic E-state index is 11.9. The van der Waals surface area contributed by atoms with Crippen LogP contribution in [0.1, 0.15) is 124 Å². The van der Waals surface area contributed by atoms with E-state index in [-0.39, 0.29) is 23.9 Å². The van der Waals surface area contributed by atoms with Crippen molar-refractivity contribution in [3.8, 4) is 0 Å². The smallest absolute Gasteiger partial charge is 0.337 e. The molecule has 11 heteroatoms. The van der Waals surface area contributed by atoms with E-state index in [0.29, 0.717) is 60.5 Å². The van der Waals surface area contributed by atoms with Crippen molar-refractivity contribution in [2.45, 2.75) is 111 Å². The minimum atomic E-state index is -0.336. The van der Waals surface area contributed by atoms with Crippen molar-refractivity contribution >= 4 is 64.2 Å². The molecule has 0 N–H and O–H groups in total. The molecule has 0 amide bonds. The molecule has 0 fully saturated rings. The van der Waals surface area contributed by atoms with Crippen LogP contribution in [-0.2, 0) is 28.5 Å². The van der Waals surface area contributed by atoms with Gasteiger partial charge in [-0.25, -0.2) is 9.59 Å². The van der Waals surface area contributed by atoms with Crippen LogP contribution >= 0.6 is 40.3 Å². The first-order chi connectivity index (χ1) is 24.4. The summed E-state index contributed by atoms with van der Waals surface area (Å²) in [6.07, 6.45) is 10.1. The fourth-order valence-electron chi connectivity index (χ4n) is 4.64. The molecule has 0 spiro atoms. The quantitative estimate of drug-likeness (QED) is 0.0605. The van der Waals surface area contributed by atoms with Crippen LogP contribution in [-0.4, -0.2) is 62.8 Å². The topological polar surface area (TPSA) is 105 Å². The lowest BCUT2D eigenvalue weighted by atomic mass is 10.0. The summed E-state index contributed by atoms with van der Waals surface area (Å²) in [5, 5.41) is 0. The van der Waals surface area contributed by atoms with Crippen LogP contribution in [0.2, 0.25) is 0 Å². The Bertz CT molecular complexity index is 1300. The van der Waals surface area contributed by atoms with Gasteiger partial charge >= 0.3 is 23.9 Å². The summed E-state index contributed by atoms with van der Waals surface area (Å²) in [5.74, 6) is 1.38. The van der Waals surface area contributed by atoms with Crippen LogP contribution in [0.5, 0.6) is 0 Å². The molecule has 288 valence electrons. The highest BCUT2D eigenvalue weighted by Crippen LogP contribution is 2.25. The van der Waals surface area contributed by atoms with Crippen LogP contribution in [0.3, 0.4) is 0 Å². The van der Waals surface area contributed by atoms with Crippen molar-refractivity contribution in [1.29, 1.82) is 0 Å². The van der Waals surface area contributed by atoms with Crippen LogP contribution in [0.25, 0.3) is 0 Å². The normalized spacial score (nSPS) is 11.5. The van der Waals surface area contributed by atoms with Crippen molar-refractivity contribution in [2.24, 2.45) is 11.8 Å². The molecule has 2 aromatic rings. The number of hydrogen-bond acceptors (Lipinski definition) is 10. The summed E-state index contributed by atoms with van der Waals surface area (Å²) >= 11 is 8.94. The number of methoxy groups -OCH3 is 2. The number of thioether (sulfide) groups is 1. The number of carbonyl (C=O) groups excluding carboxylic acids is 4. The lowest BCUT2D eigenvalue weighted by molar-refractivity contribution is -0.145. The SMILES string of the molecule is CCCCC(CC)COC(=O)CCS.CCCCC(CC)COC(=O)CCSc1ccc(C(=O)OC)cc1C.COC(=O)c1ccc(Br)c(C)c1. The average molecular weight is 814 g/mol. The van der Waals surface area contributed by atoms with Crippen molar-refractivity contribution in [3.63, 3.8) is 0 Å². The highest BCUT2D eigenvalue weighted by molar-refractivity contribution is 9.10. The summed E-state index contributed by atoms with van der Waals surface area (Å²) in [6, 6.07) is 10.8. The Morgan fingerprint density at radius 1 is 0.725 bits per heavy atom. The molecule has 51 heavy (non-hydrogen) atoms. The van der Waals surface area contributed by atoms with E-state index in [9.17, 15) is 19.2 Å². The third kappa shape index (κ3) is 22.2. The lowest BCUT2D eigenvalue weighted by Crippen LogP contribution is -2.14. The molecule has 2 atom stereocenters. The van der Waals surface area contributed by atoms with Gasteiger partial charge in [0.15, 0.2) is 0 Å². The molecule has 2 unspecified atom stereocenters. The van der Waals surface area contributed by atoms with Gasteiger partial charge in [-0.3, -0.25) is 9.59 Å². The zero-order chi connectivity index (χ0) is 38.6. The second-order valence-electron chi connectivity index (χ2n) is 12.2. The number of unbranched alkanes of at least 4 members (excludes halogenated alkanes) is 2. The van der Waals surface area contributed by atoms with Gasteiger partial charge in [0.25, 0.3) is 0 Å². The van der Waals surface area contributed by atoms with Crippen LogP contribution in [0, 0.1) is 25.7 Å². The lowest BCUT2D eigenvalue weighted by Gasteiger charge is -2.14. The van der Waals surface area contributed by atoms with Gasteiger partial charge < -0.3 is 18.9 Å². The largest absolute Gasteiger partial charge is 0.465 e. The molecule has 0 aliphatic carbocycles. The average Bonchev–Trinajstić information content (AvgIpc) is 3.13. The standard InChI is InChI=1S/C20H30O4S.C11H22O2S.C9H9BrO2/c1-5-7-8-16(6-2)14-24-19(21)11-12-25-18-10-9-17(13-15(18)3)20(22)23-4;1-3-5-6-10(4-2)9-13-11(12)7-8-14;1-6-5-7(9(11)12-2)3-4-8(6)10/h9-10,13,16H,5-8,11-12,14H2,1-4H3;10,14H,3-9H2,1-2H3;3-5H,1-2H3. The molecule has 0 heterocycles. The monoisotopic (exact) mass is 812 g/mol. The summed E-state index contributed by atoms with van der Waals surface area (Å²) < 4.78 is 20.8. The van der Waals surface area contributed by atoms with E-state index in [0.717, 1.165) is 39.8 Å². The first-order valence-electron chi connectivity index (χ1n) is 18.0. The van der Waals surface area contributed by atoms with Crippen molar-refractivity contribution in [2.75, 3.05) is 38.9 Å². The highest BCUT2D eigenvalue weighted by Gasteiger charge is 2.12. The molecular formula is C40H61BrO8S2. The van der Waals surface area contributed by atoms with E-state index >= 15 is 0 Å². The van der Waals surface area contributed by atoms with Crippen LogP contribution < -0.4 is 0 Å². The molecule has 0 radical (unpaired) electrons. The highest BCUT2D eigenvalue weighted by atomic mass is 79.9. The third-order valence-electron chi connectivity index (χ3n) is 8.10. The Morgan fingerprint density at radius 3 is 1.61 bits per heavy atom. The molecule has 0 aromatic heterocycles. The van der Waals surface area contributed by atoms with Crippen LogP contribution in [0.4, 0.5) is 0 Å². The Kier molecular flexibility index (Phi) is 28.5. The minimum absolute atomic E-state index is 0.116. The number of benzene rings is 2. The molecule has 2 rings (SSSR count). The van der Waals surface area contributed by atoms with E-state index in [4.69, 9.17) is 14.2 Å². The number of thiol groups is 1. The summed E-state index contributed by atoms with van der Waals surface area (Å²) in [7, 11) is 2.75. The van der Waals surface area contributed by atoms with Crippen LogP contribution in [0.15, 0.2) is 45.8 Å². The Hall–Kier alpha value is -2.50. The van der Waals surface area contributed by atoms with Gasteiger partial charge in [-0.15, -0.1) is 11.8 Å². The van der Waals surface area contributed by atoms with Gasteiger partial charge in [-0.05, 0) is 86.1 Å². The van der Waals surface area contributed by atoms with Crippen molar-refractivity contribution in [3.05, 3.63) is 63.1 Å². The first-order valence-corrected chi connectivity index (χ1v) is 20.4. The Labute approximate surface area is 325 Å². The number of carbonyl (C=O) groups is 4. The number of aryl methyl sites for hydroxylation is 2. The number of halogens is 1. The summed E-state index contributed by atoms with van der Waals surface area (Å²) in [6.45, 7) is 13.6. The zero-order valence-corrected chi connectivity index (χ0v) is 35.3. The molecule has 0 bridgehead atoms. The first kappa shape index (κ1) is 48.5. The number of esters is 4. The van der Waals surface area contributed by atoms with Gasteiger partial charge in [-0.2, -0.15) is 12.6 Å². The molecule has 8 nitrogen and oxygen atoms in total. The predicted octanol–water partition coefficient (Wildman–Crippen LogP) is 10.6. The van der Waals surface area contributed by atoms with E-state index < -0.39 is 0 Å². The van der Waals surface area contributed by atoms with Crippen molar-refractivity contribution < 1.29 is 38.1 Å². The van der Waals surface area contributed by atoms with Crippen molar-refractivity contribution in [1.82, 2.24) is 0 Å². The van der Waals surface area contributed by atoms with E-state index in [2.05, 4.69) is 61.0 Å². The van der Waals surface area contributed by atoms with Gasteiger partial charge in [0.2, 0.25) is 0 Å². The second kappa shape index (κ2) is 30.0. The minimum Gasteiger partial charge on any atom is -0.465 e. The van der Waals surface area contributed by atoms with Gasteiger partial charge in [0.1, 0.15) is 0 Å². The maximum absolute atomic E-state index is 11.9. The fourth-order valence-corrected chi connectivity index (χ4v) is 6.01. The zero-order valence-electron chi connectivity index (χ0n) is 32.0. The summed E-state index contributed by atoms with van der Waals surface area (Å²) in [5.41, 5.74) is 3.16. The maximum Gasteiger partial charge on any atom is 0.337 e. The molecule has 2 aromatic carbocycles. The molecule has 0 saturated carbocycles. The van der Waals surface area contributed by atoms with Gasteiger partial charge in [-0.1, -0.05) is 82.1 Å². The molecular weight excluding hydrogens is 752 g/mol. The number of hydrogen-bond donors (Lipinski definition) is 1. The van der Waals surface area contributed by atoms with Gasteiger partial charge in [0, 0.05) is 20.9 Å². The predicted molar refractivity (Wildman–Crippen MR) is 215 cm³/mol. The fraction of sp³-hybridized carbons (Fsp3) is 0.600. The van der Waals surface area contributed by atoms with Gasteiger partial charge in [0.05, 0.1) is 51.4 Å². The molecule has 0 saturated heterocycles. The molecule has 0 aliphatic rings. The summed E-state index contributed by atoms with van der Waals surface area (Å²) in [4.78, 5) is 46.6.